The van der Waals surface area contributed by atoms with Gasteiger partial charge in [-0.25, -0.2) is 0 Å². The first-order valence-electron chi connectivity index (χ1n) is 6.48. The summed E-state index contributed by atoms with van der Waals surface area (Å²) in [6.07, 6.45) is 3.26. The molecule has 0 aromatic heterocycles. The molecule has 3 N–H and O–H groups in total. The van der Waals surface area contributed by atoms with E-state index < -0.39 is 0 Å². The number of nitrogens with two attached hydrogens (primary N) is 1. The summed E-state index contributed by atoms with van der Waals surface area (Å²) in [4.78, 5) is 0. The summed E-state index contributed by atoms with van der Waals surface area (Å²) in [6, 6.07) is 9.03. The van der Waals surface area contributed by atoms with E-state index in [9.17, 15) is 0 Å². The normalized spacial score (nSPS) is 19.2. The van der Waals surface area contributed by atoms with Gasteiger partial charge in [0.25, 0.3) is 0 Å². The maximum absolute atomic E-state index is 5.72. The van der Waals surface area contributed by atoms with Crippen LogP contribution in [0, 0.1) is 5.92 Å². The summed E-state index contributed by atoms with van der Waals surface area (Å²) in [7, 11) is 0. The van der Waals surface area contributed by atoms with Crippen molar-refractivity contribution < 1.29 is 4.74 Å². The molecule has 3 heteroatoms. The van der Waals surface area contributed by atoms with Gasteiger partial charge in [0, 0.05) is 19.3 Å². The first-order valence-corrected chi connectivity index (χ1v) is 6.48. The molecule has 1 saturated heterocycles. The Morgan fingerprint density at radius 3 is 2.47 bits per heavy atom. The van der Waals surface area contributed by atoms with Gasteiger partial charge in [-0.1, -0.05) is 31.2 Å². The van der Waals surface area contributed by atoms with Gasteiger partial charge < -0.3 is 4.74 Å². The van der Waals surface area contributed by atoms with Gasteiger partial charge in [-0.15, -0.1) is 0 Å². The molecule has 0 bridgehead atoms. The van der Waals surface area contributed by atoms with Crippen LogP contribution >= 0.6 is 0 Å². The Morgan fingerprint density at radius 1 is 1.29 bits per heavy atom. The highest BCUT2D eigenvalue weighted by Crippen LogP contribution is 2.29. The second-order valence-electron chi connectivity index (χ2n) is 4.69. The molecule has 0 amide bonds. The van der Waals surface area contributed by atoms with Gasteiger partial charge in [-0.2, -0.15) is 0 Å². The van der Waals surface area contributed by atoms with Crippen LogP contribution in [-0.2, 0) is 11.2 Å². The van der Waals surface area contributed by atoms with Crippen LogP contribution in [0.2, 0.25) is 0 Å². The Hall–Kier alpha value is -0.900. The van der Waals surface area contributed by atoms with E-state index in [2.05, 4.69) is 36.6 Å². The molecule has 1 fully saturated rings. The average molecular weight is 234 g/mol. The molecule has 2 rings (SSSR count). The highest BCUT2D eigenvalue weighted by molar-refractivity contribution is 5.25. The monoisotopic (exact) mass is 234 g/mol. The van der Waals surface area contributed by atoms with Crippen molar-refractivity contribution in [1.29, 1.82) is 0 Å². The number of hydrazine groups is 1. The number of aryl methyl sites for hydroxylation is 1. The zero-order valence-corrected chi connectivity index (χ0v) is 10.5. The van der Waals surface area contributed by atoms with Crippen LogP contribution in [0.3, 0.4) is 0 Å². The van der Waals surface area contributed by atoms with Gasteiger partial charge in [0.15, 0.2) is 0 Å². The Morgan fingerprint density at radius 2 is 1.94 bits per heavy atom. The lowest BCUT2D eigenvalue weighted by atomic mass is 9.87. The van der Waals surface area contributed by atoms with Gasteiger partial charge in [-0.3, -0.25) is 11.3 Å². The smallest absolute Gasteiger partial charge is 0.0489 e. The van der Waals surface area contributed by atoms with E-state index in [0.29, 0.717) is 5.92 Å². The molecule has 3 nitrogen and oxygen atoms in total. The second kappa shape index (κ2) is 6.15. The number of ether oxygens (including phenoxy) is 1. The third kappa shape index (κ3) is 3.06. The number of hydrogen-bond donors (Lipinski definition) is 2. The first kappa shape index (κ1) is 12.6. The van der Waals surface area contributed by atoms with Crippen LogP contribution < -0.4 is 11.3 Å². The first-order chi connectivity index (χ1) is 8.35. The van der Waals surface area contributed by atoms with Crippen LogP contribution in [-0.4, -0.2) is 13.2 Å². The number of rotatable bonds is 4. The predicted molar refractivity (Wildman–Crippen MR) is 69.4 cm³/mol. The van der Waals surface area contributed by atoms with Crippen molar-refractivity contribution in [3.63, 3.8) is 0 Å². The molecule has 1 aromatic carbocycles. The minimum atomic E-state index is 0.254. The summed E-state index contributed by atoms with van der Waals surface area (Å²) in [6.45, 7) is 3.89. The minimum Gasteiger partial charge on any atom is -0.381 e. The fourth-order valence-corrected chi connectivity index (χ4v) is 2.51. The highest BCUT2D eigenvalue weighted by atomic mass is 16.5. The highest BCUT2D eigenvalue weighted by Gasteiger charge is 2.24. The Bertz CT molecular complexity index is 331. The van der Waals surface area contributed by atoms with Gasteiger partial charge in [0.05, 0.1) is 0 Å². The van der Waals surface area contributed by atoms with E-state index in [1.165, 1.54) is 11.1 Å². The minimum absolute atomic E-state index is 0.254. The Balaban J connectivity index is 2.10. The molecule has 0 radical (unpaired) electrons. The van der Waals surface area contributed by atoms with Gasteiger partial charge in [0.2, 0.25) is 0 Å². The van der Waals surface area contributed by atoms with Crippen LogP contribution in [0.5, 0.6) is 0 Å². The van der Waals surface area contributed by atoms with Crippen molar-refractivity contribution in [2.75, 3.05) is 13.2 Å². The van der Waals surface area contributed by atoms with E-state index in [-0.39, 0.29) is 6.04 Å². The molecule has 1 aromatic rings. The SMILES string of the molecule is CCc1ccc(C(NN)C2CCOCC2)cc1. The summed E-state index contributed by atoms with van der Waals surface area (Å²) in [5.74, 6) is 6.30. The molecule has 1 unspecified atom stereocenters. The summed E-state index contributed by atoms with van der Waals surface area (Å²) in [5.41, 5.74) is 5.63. The molecule has 1 heterocycles. The van der Waals surface area contributed by atoms with Crippen molar-refractivity contribution in [3.05, 3.63) is 35.4 Å². The lowest BCUT2D eigenvalue weighted by Gasteiger charge is -2.30. The number of nitrogens with one attached hydrogen (secondary N) is 1. The van der Waals surface area contributed by atoms with Crippen molar-refractivity contribution in [2.24, 2.45) is 11.8 Å². The van der Waals surface area contributed by atoms with E-state index in [4.69, 9.17) is 10.6 Å². The Kier molecular flexibility index (Phi) is 4.54. The van der Waals surface area contributed by atoms with Gasteiger partial charge in [-0.05, 0) is 36.3 Å². The van der Waals surface area contributed by atoms with Crippen molar-refractivity contribution in [2.45, 2.75) is 32.2 Å². The summed E-state index contributed by atoms with van der Waals surface area (Å²) in [5, 5.41) is 0. The third-order valence-electron chi connectivity index (χ3n) is 3.66. The molecule has 1 atom stereocenters. The molecule has 1 aliphatic rings. The lowest BCUT2D eigenvalue weighted by Crippen LogP contribution is -2.36. The fourth-order valence-electron chi connectivity index (χ4n) is 2.51. The fraction of sp³-hybridized carbons (Fsp3) is 0.571. The van der Waals surface area contributed by atoms with Crippen LogP contribution in [0.4, 0.5) is 0 Å². The third-order valence-corrected chi connectivity index (χ3v) is 3.66. The topological polar surface area (TPSA) is 47.3 Å². The number of hydrogen-bond acceptors (Lipinski definition) is 3. The summed E-state index contributed by atoms with van der Waals surface area (Å²) >= 11 is 0. The molecule has 94 valence electrons. The van der Waals surface area contributed by atoms with E-state index in [0.717, 1.165) is 32.5 Å². The maximum atomic E-state index is 5.72. The molecule has 17 heavy (non-hydrogen) atoms. The largest absolute Gasteiger partial charge is 0.381 e. The van der Waals surface area contributed by atoms with Crippen molar-refractivity contribution in [1.82, 2.24) is 5.43 Å². The predicted octanol–water partition coefficient (Wildman–Crippen LogP) is 2.18. The standard InChI is InChI=1S/C14H22N2O/c1-2-11-3-5-12(6-4-11)14(16-15)13-7-9-17-10-8-13/h3-6,13-14,16H,2,7-10,15H2,1H3. The van der Waals surface area contributed by atoms with Crippen LogP contribution in [0.25, 0.3) is 0 Å². The molecular weight excluding hydrogens is 212 g/mol. The van der Waals surface area contributed by atoms with Crippen LogP contribution in [0.1, 0.15) is 36.9 Å². The molecule has 1 aliphatic heterocycles. The van der Waals surface area contributed by atoms with Gasteiger partial charge in [0.1, 0.15) is 0 Å². The molecule has 0 saturated carbocycles. The average Bonchev–Trinajstić information content (AvgIpc) is 2.42. The zero-order valence-electron chi connectivity index (χ0n) is 10.5. The second-order valence-corrected chi connectivity index (χ2v) is 4.69. The zero-order chi connectivity index (χ0) is 12.1. The molecule has 0 spiro atoms. The molecule has 0 aliphatic carbocycles. The number of benzene rings is 1. The van der Waals surface area contributed by atoms with Gasteiger partial charge >= 0.3 is 0 Å². The molecular formula is C14H22N2O. The quantitative estimate of drug-likeness (QED) is 0.620. The van der Waals surface area contributed by atoms with Crippen molar-refractivity contribution in [3.8, 4) is 0 Å². The maximum Gasteiger partial charge on any atom is 0.0489 e. The lowest BCUT2D eigenvalue weighted by molar-refractivity contribution is 0.0536. The van der Waals surface area contributed by atoms with E-state index in [1.54, 1.807) is 0 Å². The van der Waals surface area contributed by atoms with Crippen molar-refractivity contribution >= 4 is 0 Å². The van der Waals surface area contributed by atoms with E-state index in [1.807, 2.05) is 0 Å². The van der Waals surface area contributed by atoms with Crippen LogP contribution in [0.15, 0.2) is 24.3 Å². The van der Waals surface area contributed by atoms with E-state index >= 15 is 0 Å². The summed E-state index contributed by atoms with van der Waals surface area (Å²) < 4.78 is 5.40. The Labute approximate surface area is 103 Å².